The summed E-state index contributed by atoms with van der Waals surface area (Å²) in [7, 11) is 1.88. The fourth-order valence-electron chi connectivity index (χ4n) is 2.84. The molecule has 1 atom stereocenters. The molecule has 112 valence electrons. The van der Waals surface area contributed by atoms with Crippen molar-refractivity contribution in [2.75, 3.05) is 6.54 Å². The maximum absolute atomic E-state index is 12.6. The summed E-state index contributed by atoms with van der Waals surface area (Å²) in [6, 6.07) is 0.102. The van der Waals surface area contributed by atoms with Crippen LogP contribution in [0.2, 0.25) is 5.22 Å². The zero-order valence-corrected chi connectivity index (χ0v) is 12.8. The first-order valence-electron chi connectivity index (χ1n) is 6.95. The number of halogens is 1. The van der Waals surface area contributed by atoms with Crippen LogP contribution < -0.4 is 0 Å². The van der Waals surface area contributed by atoms with Gasteiger partial charge >= 0.3 is 0 Å². The Bertz CT molecular complexity index is 644. The van der Waals surface area contributed by atoms with Gasteiger partial charge in [0.1, 0.15) is 0 Å². The van der Waals surface area contributed by atoms with Crippen LogP contribution in [0.25, 0.3) is 0 Å². The van der Waals surface area contributed by atoms with Crippen molar-refractivity contribution in [3.63, 3.8) is 0 Å². The molecule has 7 heteroatoms. The van der Waals surface area contributed by atoms with Crippen LogP contribution in [0.4, 0.5) is 0 Å². The molecule has 3 heterocycles. The van der Waals surface area contributed by atoms with Gasteiger partial charge in [-0.25, -0.2) is 0 Å². The molecule has 1 amide bonds. The van der Waals surface area contributed by atoms with Gasteiger partial charge in [0.25, 0.3) is 0 Å². The fourth-order valence-corrected chi connectivity index (χ4v) is 3.07. The molecule has 1 aliphatic heterocycles. The molecule has 0 aliphatic carbocycles. The number of carbonyl (C=O) groups excluding carboxylic acids is 1. The molecule has 0 aromatic carbocycles. The summed E-state index contributed by atoms with van der Waals surface area (Å²) in [5.74, 6) is 0.0505. The molecule has 0 spiro atoms. The van der Waals surface area contributed by atoms with Crippen LogP contribution >= 0.6 is 11.6 Å². The Hall–Kier alpha value is -1.82. The first-order valence-corrected chi connectivity index (χ1v) is 7.32. The number of aryl methyl sites for hydroxylation is 2. The van der Waals surface area contributed by atoms with Crippen LogP contribution in [0.5, 0.6) is 0 Å². The van der Waals surface area contributed by atoms with E-state index in [0.29, 0.717) is 11.3 Å². The third-order valence-corrected chi connectivity index (χ3v) is 4.24. The number of aromatic nitrogens is 3. The van der Waals surface area contributed by atoms with E-state index in [1.807, 2.05) is 24.3 Å². The van der Waals surface area contributed by atoms with Gasteiger partial charge in [-0.3, -0.25) is 9.48 Å². The van der Waals surface area contributed by atoms with Gasteiger partial charge in [0, 0.05) is 30.9 Å². The Kier molecular flexibility index (Phi) is 3.71. The van der Waals surface area contributed by atoms with Gasteiger partial charge in [-0.05, 0) is 31.4 Å². The minimum atomic E-state index is 0.0505. The molecule has 0 bridgehead atoms. The van der Waals surface area contributed by atoms with E-state index in [-0.39, 0.29) is 23.6 Å². The van der Waals surface area contributed by atoms with E-state index in [4.69, 9.17) is 16.1 Å². The summed E-state index contributed by atoms with van der Waals surface area (Å²) in [5, 5.41) is 8.18. The summed E-state index contributed by atoms with van der Waals surface area (Å²) >= 11 is 5.94. The van der Waals surface area contributed by atoms with E-state index in [9.17, 15) is 4.79 Å². The first kappa shape index (κ1) is 14.1. The molecule has 6 nitrogen and oxygen atoms in total. The molecule has 1 saturated heterocycles. The van der Waals surface area contributed by atoms with Crippen molar-refractivity contribution in [3.8, 4) is 0 Å². The number of hydrogen-bond acceptors (Lipinski definition) is 4. The van der Waals surface area contributed by atoms with Crippen molar-refractivity contribution in [2.45, 2.75) is 32.2 Å². The van der Waals surface area contributed by atoms with Gasteiger partial charge in [-0.2, -0.15) is 5.10 Å². The van der Waals surface area contributed by atoms with Gasteiger partial charge in [0.15, 0.2) is 0 Å². The molecule has 0 saturated carbocycles. The molecule has 0 radical (unpaired) electrons. The Morgan fingerprint density at radius 3 is 3.00 bits per heavy atom. The van der Waals surface area contributed by atoms with Crippen LogP contribution in [0.15, 0.2) is 16.9 Å². The van der Waals surface area contributed by atoms with Gasteiger partial charge in [-0.1, -0.05) is 5.16 Å². The average Bonchev–Trinajstić information content (AvgIpc) is 3.14. The predicted octanol–water partition coefficient (Wildman–Crippen LogP) is 2.28. The Balaban J connectivity index is 1.77. The van der Waals surface area contributed by atoms with Crippen LogP contribution in [0.3, 0.4) is 0 Å². The highest BCUT2D eigenvalue weighted by Crippen LogP contribution is 2.32. The minimum Gasteiger partial charge on any atom is -0.344 e. The third kappa shape index (κ3) is 2.68. The van der Waals surface area contributed by atoms with Crippen LogP contribution in [-0.2, 0) is 18.3 Å². The molecular formula is C14H17ClN4O2. The molecule has 1 unspecified atom stereocenters. The highest BCUT2D eigenvalue weighted by atomic mass is 35.5. The Morgan fingerprint density at radius 2 is 2.38 bits per heavy atom. The van der Waals surface area contributed by atoms with Crippen molar-refractivity contribution in [2.24, 2.45) is 7.05 Å². The molecule has 1 aliphatic rings. The van der Waals surface area contributed by atoms with Crippen LogP contribution in [0.1, 0.15) is 35.7 Å². The molecule has 2 aromatic rings. The van der Waals surface area contributed by atoms with E-state index >= 15 is 0 Å². The number of amides is 1. The SMILES string of the molecule is Cc1noc(Cl)c1CC(=O)N1CCCC1c1cnn(C)c1. The minimum absolute atomic E-state index is 0.0505. The summed E-state index contributed by atoms with van der Waals surface area (Å²) in [4.78, 5) is 14.5. The van der Waals surface area contributed by atoms with E-state index in [2.05, 4.69) is 10.3 Å². The lowest BCUT2D eigenvalue weighted by Gasteiger charge is -2.23. The van der Waals surface area contributed by atoms with Crippen LogP contribution in [0, 0.1) is 6.92 Å². The molecule has 1 fully saturated rings. The van der Waals surface area contributed by atoms with E-state index < -0.39 is 0 Å². The van der Waals surface area contributed by atoms with Gasteiger partial charge in [0.2, 0.25) is 11.1 Å². The van der Waals surface area contributed by atoms with Crippen molar-refractivity contribution < 1.29 is 9.32 Å². The van der Waals surface area contributed by atoms with Gasteiger partial charge in [-0.15, -0.1) is 0 Å². The number of hydrogen-bond donors (Lipinski definition) is 0. The molecule has 3 rings (SSSR count). The molecular weight excluding hydrogens is 292 g/mol. The molecule has 2 aromatic heterocycles. The van der Waals surface area contributed by atoms with Crippen LogP contribution in [-0.4, -0.2) is 32.3 Å². The Labute approximate surface area is 127 Å². The van der Waals surface area contributed by atoms with E-state index in [0.717, 1.165) is 24.9 Å². The standard InChI is InChI=1S/C14H17ClN4O2/c1-9-11(14(15)21-17-9)6-13(20)19-5-3-4-12(19)10-7-16-18(2)8-10/h7-8,12H,3-6H2,1-2H3. The monoisotopic (exact) mass is 308 g/mol. The quantitative estimate of drug-likeness (QED) is 0.872. The second kappa shape index (κ2) is 5.52. The smallest absolute Gasteiger partial charge is 0.229 e. The lowest BCUT2D eigenvalue weighted by atomic mass is 10.1. The average molecular weight is 309 g/mol. The first-order chi connectivity index (χ1) is 10.1. The van der Waals surface area contributed by atoms with Gasteiger partial charge < -0.3 is 9.42 Å². The second-order valence-electron chi connectivity index (χ2n) is 5.39. The molecule has 21 heavy (non-hydrogen) atoms. The van der Waals surface area contributed by atoms with Crippen molar-refractivity contribution in [3.05, 3.63) is 34.4 Å². The maximum atomic E-state index is 12.6. The number of nitrogens with zero attached hydrogens (tertiary/aromatic N) is 4. The lowest BCUT2D eigenvalue weighted by Crippen LogP contribution is -2.31. The third-order valence-electron chi connectivity index (χ3n) is 3.95. The zero-order chi connectivity index (χ0) is 15.0. The van der Waals surface area contributed by atoms with E-state index in [1.165, 1.54) is 0 Å². The fraction of sp³-hybridized carbons (Fsp3) is 0.500. The highest BCUT2D eigenvalue weighted by Gasteiger charge is 2.31. The van der Waals surface area contributed by atoms with Crippen molar-refractivity contribution in [1.29, 1.82) is 0 Å². The maximum Gasteiger partial charge on any atom is 0.229 e. The normalized spacial score (nSPS) is 18.4. The zero-order valence-electron chi connectivity index (χ0n) is 12.0. The highest BCUT2D eigenvalue weighted by molar-refractivity contribution is 6.29. The topological polar surface area (TPSA) is 64.2 Å². The summed E-state index contributed by atoms with van der Waals surface area (Å²) in [5.41, 5.74) is 2.43. The van der Waals surface area contributed by atoms with Crippen molar-refractivity contribution >= 4 is 17.5 Å². The van der Waals surface area contributed by atoms with Gasteiger partial charge in [0.05, 0.1) is 24.4 Å². The Morgan fingerprint density at radius 1 is 1.57 bits per heavy atom. The largest absolute Gasteiger partial charge is 0.344 e. The molecule has 0 N–H and O–H groups in total. The second-order valence-corrected chi connectivity index (χ2v) is 5.73. The summed E-state index contributed by atoms with van der Waals surface area (Å²) < 4.78 is 6.67. The van der Waals surface area contributed by atoms with E-state index in [1.54, 1.807) is 11.6 Å². The summed E-state index contributed by atoms with van der Waals surface area (Å²) in [6.07, 6.45) is 5.99. The predicted molar refractivity (Wildman–Crippen MR) is 76.9 cm³/mol. The van der Waals surface area contributed by atoms with Crippen molar-refractivity contribution in [1.82, 2.24) is 19.8 Å². The summed E-state index contributed by atoms with van der Waals surface area (Å²) in [6.45, 7) is 2.56. The number of likely N-dealkylation sites (tertiary alicyclic amines) is 1. The lowest BCUT2D eigenvalue weighted by molar-refractivity contribution is -0.131. The number of rotatable bonds is 3. The number of carbonyl (C=O) groups is 1.